The Kier molecular flexibility index (Phi) is 6.81. The zero-order valence-corrected chi connectivity index (χ0v) is 12.4. The van der Waals surface area contributed by atoms with E-state index in [-0.39, 0.29) is 5.75 Å². The number of allylic oxidation sites excluding steroid dienone is 2. The minimum Gasteiger partial charge on any atom is -0.276 e. The molecule has 1 aromatic carbocycles. The molecule has 0 saturated carbocycles. The molecule has 0 aliphatic rings. The topological polar surface area (TPSA) is 51.2 Å². The van der Waals surface area contributed by atoms with E-state index in [1.165, 1.54) is 0 Å². The molecule has 1 aromatic rings. The molecule has 0 spiro atoms. The average molecular weight is 301 g/mol. The molecular weight excluding hydrogens is 284 g/mol. The van der Waals surface area contributed by atoms with Crippen molar-refractivity contribution < 1.29 is 13.2 Å². The van der Waals surface area contributed by atoms with E-state index in [0.717, 1.165) is 18.4 Å². The van der Waals surface area contributed by atoms with Crippen LogP contribution >= 0.6 is 11.6 Å². The summed E-state index contributed by atoms with van der Waals surface area (Å²) in [6.45, 7) is 2.10. The summed E-state index contributed by atoms with van der Waals surface area (Å²) in [5.41, 5.74) is 1.88. The van der Waals surface area contributed by atoms with Gasteiger partial charge in [-0.05, 0) is 47.7 Å². The van der Waals surface area contributed by atoms with Crippen LogP contribution in [0, 0.1) is 0 Å². The fraction of sp³-hybridized carbons (Fsp3) is 0.357. The average Bonchev–Trinajstić information content (AvgIpc) is 2.35. The number of unbranched alkanes of at least 4 members (excludes halogenated alkanes) is 1. The standard InChI is InChI=1S/C14H17ClO3S/c1-2-3-4-5-6-11-7-8-12(14(15)16)9-13(11)10-19(17)18/h4-5,7-9,19H,2-3,6,10H2,1H3. The molecule has 19 heavy (non-hydrogen) atoms. The zero-order valence-electron chi connectivity index (χ0n) is 10.8. The van der Waals surface area contributed by atoms with Gasteiger partial charge in [0.05, 0.1) is 5.75 Å². The summed E-state index contributed by atoms with van der Waals surface area (Å²) in [6.07, 6.45) is 6.83. The van der Waals surface area contributed by atoms with Crippen molar-refractivity contribution >= 4 is 27.5 Å². The van der Waals surface area contributed by atoms with Crippen molar-refractivity contribution in [1.82, 2.24) is 0 Å². The Morgan fingerprint density at radius 3 is 2.58 bits per heavy atom. The van der Waals surface area contributed by atoms with Crippen molar-refractivity contribution in [2.45, 2.75) is 31.9 Å². The maximum Gasteiger partial charge on any atom is 0.252 e. The summed E-state index contributed by atoms with van der Waals surface area (Å²) in [5, 5.41) is -0.574. The predicted octanol–water partition coefficient (Wildman–Crippen LogP) is 3.08. The Morgan fingerprint density at radius 1 is 1.26 bits per heavy atom. The molecule has 0 aliphatic heterocycles. The van der Waals surface area contributed by atoms with Crippen molar-refractivity contribution in [3.63, 3.8) is 0 Å². The third kappa shape index (κ3) is 5.57. The minimum absolute atomic E-state index is 0.0652. The van der Waals surface area contributed by atoms with Gasteiger partial charge in [-0.1, -0.05) is 31.6 Å². The van der Waals surface area contributed by atoms with Gasteiger partial charge in [0.1, 0.15) is 10.7 Å². The van der Waals surface area contributed by atoms with Crippen LogP contribution in [0.1, 0.15) is 41.3 Å². The quantitative estimate of drug-likeness (QED) is 0.478. The molecule has 0 N–H and O–H groups in total. The summed E-state index contributed by atoms with van der Waals surface area (Å²) >= 11 is 5.41. The summed E-state index contributed by atoms with van der Waals surface area (Å²) in [4.78, 5) is 11.1. The van der Waals surface area contributed by atoms with E-state index in [4.69, 9.17) is 11.6 Å². The number of carbonyl (C=O) groups is 1. The molecule has 0 bridgehead atoms. The summed E-state index contributed by atoms with van der Waals surface area (Å²) < 4.78 is 21.8. The molecule has 0 heterocycles. The number of carbonyl (C=O) groups excluding carboxylic acids is 1. The third-order valence-corrected chi connectivity index (χ3v) is 3.51. The van der Waals surface area contributed by atoms with Gasteiger partial charge < -0.3 is 0 Å². The van der Waals surface area contributed by atoms with Gasteiger partial charge in [0, 0.05) is 5.56 Å². The highest BCUT2D eigenvalue weighted by Crippen LogP contribution is 2.16. The van der Waals surface area contributed by atoms with Gasteiger partial charge in [-0.3, -0.25) is 4.79 Å². The Morgan fingerprint density at radius 2 is 2.00 bits per heavy atom. The molecule has 0 radical (unpaired) electrons. The van der Waals surface area contributed by atoms with Crippen LogP contribution in [0.3, 0.4) is 0 Å². The molecule has 0 aliphatic carbocycles. The number of hydrogen-bond donors (Lipinski definition) is 1. The molecule has 0 atom stereocenters. The van der Waals surface area contributed by atoms with E-state index in [9.17, 15) is 13.2 Å². The number of halogens is 1. The summed E-state index contributed by atoms with van der Waals surface area (Å²) in [5.74, 6) is -0.0652. The van der Waals surface area contributed by atoms with Crippen LogP contribution in [-0.2, 0) is 22.9 Å². The van der Waals surface area contributed by atoms with Crippen molar-refractivity contribution in [1.29, 1.82) is 0 Å². The first-order valence-electron chi connectivity index (χ1n) is 6.13. The lowest BCUT2D eigenvalue weighted by atomic mass is 10.0. The van der Waals surface area contributed by atoms with Crippen molar-refractivity contribution in [3.05, 3.63) is 47.0 Å². The second-order valence-corrected chi connectivity index (χ2v) is 5.54. The Bertz CT molecular complexity index is 540. The Labute approximate surface area is 120 Å². The van der Waals surface area contributed by atoms with Crippen molar-refractivity contribution in [2.24, 2.45) is 0 Å². The number of benzene rings is 1. The molecule has 0 fully saturated rings. The van der Waals surface area contributed by atoms with E-state index in [1.807, 2.05) is 6.08 Å². The van der Waals surface area contributed by atoms with E-state index < -0.39 is 15.9 Å². The highest BCUT2D eigenvalue weighted by Gasteiger charge is 2.08. The van der Waals surface area contributed by atoms with Crippen LogP contribution in [0.4, 0.5) is 0 Å². The van der Waals surface area contributed by atoms with Gasteiger partial charge in [0.25, 0.3) is 5.24 Å². The second kappa shape index (κ2) is 8.12. The molecule has 0 saturated heterocycles. The number of hydrogen-bond acceptors (Lipinski definition) is 3. The van der Waals surface area contributed by atoms with Gasteiger partial charge in [-0.15, -0.1) is 0 Å². The molecule has 5 heteroatoms. The Balaban J connectivity index is 2.98. The van der Waals surface area contributed by atoms with E-state index in [1.54, 1.807) is 18.2 Å². The number of thiol groups is 1. The largest absolute Gasteiger partial charge is 0.276 e. The van der Waals surface area contributed by atoms with Gasteiger partial charge in [0.2, 0.25) is 0 Å². The zero-order chi connectivity index (χ0) is 14.3. The van der Waals surface area contributed by atoms with Crippen LogP contribution in [-0.4, -0.2) is 13.7 Å². The van der Waals surface area contributed by atoms with E-state index >= 15 is 0 Å². The summed E-state index contributed by atoms with van der Waals surface area (Å²) in [7, 11) is -2.52. The number of rotatable bonds is 7. The fourth-order valence-corrected chi connectivity index (χ4v) is 2.42. The fourth-order valence-electron chi connectivity index (χ4n) is 1.73. The van der Waals surface area contributed by atoms with Crippen LogP contribution in [0.15, 0.2) is 30.4 Å². The molecule has 0 unspecified atom stereocenters. The van der Waals surface area contributed by atoms with Gasteiger partial charge >= 0.3 is 0 Å². The molecular formula is C14H17ClO3S. The smallest absolute Gasteiger partial charge is 0.252 e. The van der Waals surface area contributed by atoms with Crippen molar-refractivity contribution in [2.75, 3.05) is 0 Å². The first kappa shape index (κ1) is 15.9. The lowest BCUT2D eigenvalue weighted by Gasteiger charge is -2.06. The minimum atomic E-state index is -2.52. The molecule has 3 nitrogen and oxygen atoms in total. The monoisotopic (exact) mass is 300 g/mol. The SMILES string of the molecule is CCCC=CCc1ccc(C(=O)Cl)cc1C[SH](=O)=O. The molecule has 104 valence electrons. The van der Waals surface area contributed by atoms with Crippen LogP contribution < -0.4 is 0 Å². The van der Waals surface area contributed by atoms with Gasteiger partial charge in [0.15, 0.2) is 0 Å². The van der Waals surface area contributed by atoms with Crippen LogP contribution in [0.5, 0.6) is 0 Å². The highest BCUT2D eigenvalue weighted by molar-refractivity contribution is 7.71. The van der Waals surface area contributed by atoms with E-state index in [2.05, 4.69) is 13.0 Å². The lowest BCUT2D eigenvalue weighted by Crippen LogP contribution is -1.99. The first-order chi connectivity index (χ1) is 9.04. The van der Waals surface area contributed by atoms with Gasteiger partial charge in [-0.2, -0.15) is 0 Å². The Hall–Kier alpha value is -1.13. The third-order valence-electron chi connectivity index (χ3n) is 2.69. The maximum absolute atomic E-state index is 11.1. The first-order valence-corrected chi connectivity index (χ1v) is 7.87. The van der Waals surface area contributed by atoms with Crippen LogP contribution in [0.2, 0.25) is 0 Å². The lowest BCUT2D eigenvalue weighted by molar-refractivity contribution is 0.108. The van der Waals surface area contributed by atoms with Gasteiger partial charge in [-0.25, -0.2) is 8.42 Å². The molecule has 0 amide bonds. The highest BCUT2D eigenvalue weighted by atomic mass is 35.5. The normalized spacial score (nSPS) is 11.3. The molecule has 1 rings (SSSR count). The summed E-state index contributed by atoms with van der Waals surface area (Å²) in [6, 6.07) is 4.95. The van der Waals surface area contributed by atoms with Crippen molar-refractivity contribution in [3.8, 4) is 0 Å². The predicted molar refractivity (Wildman–Crippen MR) is 78.4 cm³/mol. The maximum atomic E-state index is 11.1. The van der Waals surface area contributed by atoms with Crippen LogP contribution in [0.25, 0.3) is 0 Å². The molecule has 0 aromatic heterocycles. The second-order valence-electron chi connectivity index (χ2n) is 4.21. The van der Waals surface area contributed by atoms with E-state index in [0.29, 0.717) is 17.5 Å².